The van der Waals surface area contributed by atoms with Gasteiger partial charge in [0.05, 0.1) is 10.6 Å². The Kier molecular flexibility index (Phi) is 4.94. The number of hydrogen-bond acceptors (Lipinski definition) is 1. The molecule has 1 nitrogen and oxygen atoms in total. The summed E-state index contributed by atoms with van der Waals surface area (Å²) in [4.78, 5) is 0. The zero-order valence-corrected chi connectivity index (χ0v) is 10.4. The smallest absolute Gasteiger partial charge is 0.388 e. The number of benzene rings is 1. The first-order valence-electron chi connectivity index (χ1n) is 4.99. The monoisotopic (exact) mass is 314 g/mol. The van der Waals surface area contributed by atoms with E-state index in [0.717, 1.165) is 6.07 Å². The van der Waals surface area contributed by atoms with E-state index in [-0.39, 0.29) is 17.3 Å². The largest absolute Gasteiger partial charge is 0.389 e. The van der Waals surface area contributed by atoms with Crippen molar-refractivity contribution >= 4 is 15.9 Å². The molecule has 0 saturated carbocycles. The average Bonchev–Trinajstić information content (AvgIpc) is 2.20. The fraction of sp³-hybridized carbons (Fsp3) is 0.455. The molecular weight excluding hydrogens is 304 g/mol. The maximum absolute atomic E-state index is 12.9. The predicted octanol–water partition coefficient (Wildman–Crippen LogP) is 4.35. The van der Waals surface area contributed by atoms with E-state index < -0.39 is 24.5 Å². The van der Waals surface area contributed by atoms with Crippen LogP contribution in [0, 0.1) is 5.82 Å². The van der Waals surface area contributed by atoms with Gasteiger partial charge in [-0.05, 0) is 46.5 Å². The highest BCUT2D eigenvalue weighted by Crippen LogP contribution is 2.28. The van der Waals surface area contributed by atoms with Crippen LogP contribution in [0.4, 0.5) is 17.6 Å². The summed E-state index contributed by atoms with van der Waals surface area (Å²) >= 11 is 2.95. The van der Waals surface area contributed by atoms with Crippen LogP contribution >= 0.6 is 15.9 Å². The summed E-state index contributed by atoms with van der Waals surface area (Å²) in [7, 11) is 0. The summed E-state index contributed by atoms with van der Waals surface area (Å²) in [5.41, 5.74) is 0.403. The summed E-state index contributed by atoms with van der Waals surface area (Å²) in [6, 6.07) is 3.89. The highest BCUT2D eigenvalue weighted by Gasteiger charge is 2.26. The lowest BCUT2D eigenvalue weighted by atomic mass is 10.0. The summed E-state index contributed by atoms with van der Waals surface area (Å²) in [5, 5.41) is 9.62. The quantitative estimate of drug-likeness (QED) is 0.819. The van der Waals surface area contributed by atoms with E-state index in [1.807, 2.05) is 0 Å². The first kappa shape index (κ1) is 14.4. The van der Waals surface area contributed by atoms with E-state index in [0.29, 0.717) is 5.56 Å². The number of rotatable bonds is 4. The second-order valence-electron chi connectivity index (χ2n) is 3.70. The third kappa shape index (κ3) is 5.04. The minimum atomic E-state index is -4.21. The van der Waals surface area contributed by atoms with Gasteiger partial charge >= 0.3 is 6.18 Å². The molecule has 0 spiro atoms. The van der Waals surface area contributed by atoms with E-state index >= 15 is 0 Å². The maximum atomic E-state index is 12.9. The Labute approximate surface area is 105 Å². The Morgan fingerprint density at radius 1 is 1.29 bits per heavy atom. The Morgan fingerprint density at radius 2 is 1.94 bits per heavy atom. The molecule has 0 fully saturated rings. The van der Waals surface area contributed by atoms with Crippen LogP contribution in [-0.4, -0.2) is 11.3 Å². The van der Waals surface area contributed by atoms with Crippen molar-refractivity contribution in [1.29, 1.82) is 0 Å². The second-order valence-corrected chi connectivity index (χ2v) is 4.55. The molecule has 96 valence electrons. The van der Waals surface area contributed by atoms with E-state index in [1.54, 1.807) is 0 Å². The van der Waals surface area contributed by atoms with Crippen molar-refractivity contribution in [1.82, 2.24) is 0 Å². The lowest BCUT2D eigenvalue weighted by Crippen LogP contribution is -2.08. The number of halogens is 5. The van der Waals surface area contributed by atoms with Crippen LogP contribution in [0.25, 0.3) is 0 Å². The Bertz CT molecular complexity index is 378. The molecule has 0 amide bonds. The van der Waals surface area contributed by atoms with Gasteiger partial charge in [0, 0.05) is 6.42 Å². The van der Waals surface area contributed by atoms with E-state index in [4.69, 9.17) is 0 Å². The van der Waals surface area contributed by atoms with Gasteiger partial charge in [0.1, 0.15) is 5.82 Å². The van der Waals surface area contributed by atoms with Crippen LogP contribution in [-0.2, 0) is 0 Å². The topological polar surface area (TPSA) is 20.2 Å². The molecule has 0 aliphatic rings. The van der Waals surface area contributed by atoms with Gasteiger partial charge in [-0.3, -0.25) is 0 Å². The number of aliphatic hydroxyl groups is 1. The van der Waals surface area contributed by atoms with Crippen LogP contribution < -0.4 is 0 Å². The third-order valence-corrected chi connectivity index (χ3v) is 2.87. The van der Waals surface area contributed by atoms with Crippen LogP contribution in [0.15, 0.2) is 22.7 Å². The molecule has 0 aliphatic heterocycles. The summed E-state index contributed by atoms with van der Waals surface area (Å²) in [6.45, 7) is 0. The maximum Gasteiger partial charge on any atom is 0.389 e. The molecule has 1 N–H and O–H groups in total. The molecule has 0 saturated heterocycles. The summed E-state index contributed by atoms with van der Waals surface area (Å²) in [6.07, 6.45) is -6.29. The molecular formula is C11H11BrF4O. The summed E-state index contributed by atoms with van der Waals surface area (Å²) in [5.74, 6) is -0.476. The molecule has 0 aliphatic carbocycles. The van der Waals surface area contributed by atoms with Crippen LogP contribution in [0.5, 0.6) is 0 Å². The fourth-order valence-corrected chi connectivity index (χ4v) is 1.78. The summed E-state index contributed by atoms with van der Waals surface area (Å²) < 4.78 is 48.7. The fourth-order valence-electron chi connectivity index (χ4n) is 1.38. The molecule has 17 heavy (non-hydrogen) atoms. The molecule has 0 heterocycles. The van der Waals surface area contributed by atoms with Crippen molar-refractivity contribution in [3.63, 3.8) is 0 Å². The highest BCUT2D eigenvalue weighted by molar-refractivity contribution is 9.10. The first-order chi connectivity index (χ1) is 7.79. The van der Waals surface area contributed by atoms with Gasteiger partial charge in [0.2, 0.25) is 0 Å². The Hall–Kier alpha value is -0.620. The molecule has 1 atom stereocenters. The van der Waals surface area contributed by atoms with E-state index in [2.05, 4.69) is 15.9 Å². The number of aliphatic hydroxyl groups excluding tert-OH is 1. The Morgan fingerprint density at radius 3 is 2.47 bits per heavy atom. The van der Waals surface area contributed by atoms with Gasteiger partial charge in [0.25, 0.3) is 0 Å². The molecule has 1 unspecified atom stereocenters. The molecule has 0 aromatic heterocycles. The lowest BCUT2D eigenvalue weighted by molar-refractivity contribution is -0.136. The average molecular weight is 315 g/mol. The van der Waals surface area contributed by atoms with Gasteiger partial charge in [-0.2, -0.15) is 13.2 Å². The first-order valence-corrected chi connectivity index (χ1v) is 5.78. The predicted molar refractivity (Wildman–Crippen MR) is 59.0 cm³/mol. The minimum absolute atomic E-state index is 0.00240. The van der Waals surface area contributed by atoms with Crippen molar-refractivity contribution in [2.75, 3.05) is 0 Å². The van der Waals surface area contributed by atoms with Gasteiger partial charge in [-0.25, -0.2) is 4.39 Å². The lowest BCUT2D eigenvalue weighted by Gasteiger charge is -2.12. The van der Waals surface area contributed by atoms with Crippen LogP contribution in [0.3, 0.4) is 0 Å². The SMILES string of the molecule is OC(CCCC(F)(F)F)c1ccc(F)c(Br)c1. The number of alkyl halides is 3. The normalized spacial score (nSPS) is 13.8. The van der Waals surface area contributed by atoms with Gasteiger partial charge in [-0.1, -0.05) is 6.07 Å². The van der Waals surface area contributed by atoms with Crippen LogP contribution in [0.2, 0.25) is 0 Å². The van der Waals surface area contributed by atoms with Gasteiger partial charge < -0.3 is 5.11 Å². The van der Waals surface area contributed by atoms with Gasteiger partial charge in [-0.15, -0.1) is 0 Å². The molecule has 0 bridgehead atoms. The molecule has 0 radical (unpaired) electrons. The molecule has 1 aromatic rings. The zero-order valence-electron chi connectivity index (χ0n) is 8.77. The standard InChI is InChI=1S/C11H11BrF4O/c12-8-6-7(3-4-9(8)13)10(17)2-1-5-11(14,15)16/h3-4,6,10,17H,1-2,5H2. The van der Waals surface area contributed by atoms with E-state index in [9.17, 15) is 22.7 Å². The molecule has 6 heteroatoms. The van der Waals surface area contributed by atoms with Crippen LogP contribution in [0.1, 0.15) is 30.9 Å². The second kappa shape index (κ2) is 5.82. The molecule has 1 aromatic carbocycles. The zero-order chi connectivity index (χ0) is 13.1. The van der Waals surface area contributed by atoms with Crippen molar-refractivity contribution in [3.8, 4) is 0 Å². The Balaban J connectivity index is 2.52. The minimum Gasteiger partial charge on any atom is -0.388 e. The number of hydrogen-bond donors (Lipinski definition) is 1. The van der Waals surface area contributed by atoms with Crippen molar-refractivity contribution < 1.29 is 22.7 Å². The van der Waals surface area contributed by atoms with E-state index in [1.165, 1.54) is 12.1 Å². The van der Waals surface area contributed by atoms with Crippen molar-refractivity contribution in [2.45, 2.75) is 31.5 Å². The van der Waals surface area contributed by atoms with Crippen molar-refractivity contribution in [2.24, 2.45) is 0 Å². The third-order valence-electron chi connectivity index (χ3n) is 2.27. The highest BCUT2D eigenvalue weighted by atomic mass is 79.9. The van der Waals surface area contributed by atoms with Gasteiger partial charge in [0.15, 0.2) is 0 Å². The van der Waals surface area contributed by atoms with Crippen molar-refractivity contribution in [3.05, 3.63) is 34.1 Å². The molecule has 1 rings (SSSR count).